The quantitative estimate of drug-likeness (QED) is 0.568. The Morgan fingerprint density at radius 3 is 2.81 bits per heavy atom. The SMILES string of the molecule is CS(=O)(=O)OC1COCC1Nc1ccc2c(c1)Sc1cccc(Br)c1S2. The number of rotatable bonds is 4. The predicted octanol–water partition coefficient (Wildman–Crippen LogP) is 4.22. The van der Waals surface area contributed by atoms with Crippen molar-refractivity contribution < 1.29 is 17.3 Å². The first-order valence-electron chi connectivity index (χ1n) is 7.90. The lowest BCUT2D eigenvalue weighted by Gasteiger charge is -2.22. The first-order chi connectivity index (χ1) is 12.4. The van der Waals surface area contributed by atoms with Crippen LogP contribution >= 0.6 is 39.5 Å². The monoisotopic (exact) mass is 473 g/mol. The van der Waals surface area contributed by atoms with Crippen LogP contribution in [-0.4, -0.2) is 40.0 Å². The molecule has 4 rings (SSSR count). The highest BCUT2D eigenvalue weighted by molar-refractivity contribution is 9.10. The van der Waals surface area contributed by atoms with E-state index in [2.05, 4.69) is 45.5 Å². The highest BCUT2D eigenvalue weighted by Gasteiger charge is 2.32. The molecule has 26 heavy (non-hydrogen) atoms. The molecule has 138 valence electrons. The molecule has 1 N–H and O–H groups in total. The molecule has 0 amide bonds. The van der Waals surface area contributed by atoms with E-state index in [-0.39, 0.29) is 12.6 Å². The largest absolute Gasteiger partial charge is 0.377 e. The van der Waals surface area contributed by atoms with Gasteiger partial charge in [-0.05, 0) is 46.3 Å². The van der Waals surface area contributed by atoms with Crippen molar-refractivity contribution in [2.75, 3.05) is 24.8 Å². The Morgan fingerprint density at radius 1 is 1.15 bits per heavy atom. The number of nitrogens with one attached hydrogen (secondary N) is 1. The fraction of sp³-hybridized carbons (Fsp3) is 0.294. The molecule has 1 saturated heterocycles. The lowest BCUT2D eigenvalue weighted by Crippen LogP contribution is -2.35. The summed E-state index contributed by atoms with van der Waals surface area (Å²) in [7, 11) is -3.52. The van der Waals surface area contributed by atoms with E-state index in [0.717, 1.165) is 16.4 Å². The average Bonchev–Trinajstić information content (AvgIpc) is 2.98. The van der Waals surface area contributed by atoms with Crippen LogP contribution in [0, 0.1) is 0 Å². The second kappa shape index (κ2) is 7.37. The van der Waals surface area contributed by atoms with Crippen molar-refractivity contribution in [2.45, 2.75) is 31.7 Å². The van der Waals surface area contributed by atoms with Crippen LogP contribution in [0.5, 0.6) is 0 Å². The molecule has 0 bridgehead atoms. The van der Waals surface area contributed by atoms with Crippen molar-refractivity contribution in [3.05, 3.63) is 40.9 Å². The zero-order chi connectivity index (χ0) is 18.3. The Balaban J connectivity index is 1.53. The first-order valence-corrected chi connectivity index (χ1v) is 12.1. The fourth-order valence-electron chi connectivity index (χ4n) is 2.86. The summed E-state index contributed by atoms with van der Waals surface area (Å²) in [6.07, 6.45) is 0.546. The van der Waals surface area contributed by atoms with Gasteiger partial charge in [0.2, 0.25) is 0 Å². The van der Waals surface area contributed by atoms with Gasteiger partial charge in [-0.1, -0.05) is 29.6 Å². The van der Waals surface area contributed by atoms with Gasteiger partial charge in [0.05, 0.1) is 25.5 Å². The summed E-state index contributed by atoms with van der Waals surface area (Å²) in [5, 5.41) is 3.35. The molecule has 2 aromatic carbocycles. The number of benzene rings is 2. The van der Waals surface area contributed by atoms with E-state index < -0.39 is 16.2 Å². The first kappa shape index (κ1) is 18.6. The Hall–Kier alpha value is -0.710. The van der Waals surface area contributed by atoms with Crippen LogP contribution in [0.4, 0.5) is 5.69 Å². The van der Waals surface area contributed by atoms with Crippen LogP contribution in [0.25, 0.3) is 0 Å². The Morgan fingerprint density at radius 2 is 2.00 bits per heavy atom. The van der Waals surface area contributed by atoms with Gasteiger partial charge in [-0.2, -0.15) is 8.42 Å². The van der Waals surface area contributed by atoms with Gasteiger partial charge < -0.3 is 10.1 Å². The van der Waals surface area contributed by atoms with Crippen LogP contribution in [0.15, 0.2) is 60.5 Å². The topological polar surface area (TPSA) is 64.6 Å². The second-order valence-corrected chi connectivity index (χ2v) is 10.7. The van der Waals surface area contributed by atoms with Crippen LogP contribution in [0.1, 0.15) is 0 Å². The normalized spacial score (nSPS) is 21.9. The third-order valence-electron chi connectivity index (χ3n) is 3.99. The zero-order valence-electron chi connectivity index (χ0n) is 13.8. The van der Waals surface area contributed by atoms with Gasteiger partial charge in [-0.25, -0.2) is 0 Å². The van der Waals surface area contributed by atoms with Gasteiger partial charge in [0, 0.05) is 29.7 Å². The number of ether oxygens (including phenoxy) is 1. The molecule has 9 heteroatoms. The molecule has 5 nitrogen and oxygen atoms in total. The van der Waals surface area contributed by atoms with Crippen molar-refractivity contribution in [1.82, 2.24) is 0 Å². The Kier molecular flexibility index (Phi) is 5.28. The molecule has 0 aliphatic carbocycles. The molecule has 0 aromatic heterocycles. The van der Waals surface area contributed by atoms with Crippen molar-refractivity contribution in [3.63, 3.8) is 0 Å². The van der Waals surface area contributed by atoms with E-state index >= 15 is 0 Å². The van der Waals surface area contributed by atoms with E-state index in [4.69, 9.17) is 8.92 Å². The number of anilines is 1. The van der Waals surface area contributed by atoms with E-state index in [1.54, 1.807) is 23.5 Å². The van der Waals surface area contributed by atoms with Gasteiger partial charge in [-0.15, -0.1) is 0 Å². The number of halogens is 1. The Bertz CT molecular complexity index is 951. The standard InChI is InChI=1S/C17H16BrNO4S3/c1-26(20,21)23-13-9-22-8-12(13)19-10-5-6-14-16(7-10)24-15-4-2-3-11(18)17(15)25-14/h2-7,12-13,19H,8-9H2,1H3. The minimum Gasteiger partial charge on any atom is -0.377 e. The molecule has 0 spiro atoms. The molecule has 2 unspecified atom stereocenters. The maximum Gasteiger partial charge on any atom is 0.264 e. The molecular weight excluding hydrogens is 458 g/mol. The predicted molar refractivity (Wildman–Crippen MR) is 107 cm³/mol. The van der Waals surface area contributed by atoms with Crippen molar-refractivity contribution in [3.8, 4) is 0 Å². The minimum absolute atomic E-state index is 0.203. The molecule has 2 aromatic rings. The fourth-order valence-corrected chi connectivity index (χ4v) is 6.53. The molecule has 0 radical (unpaired) electrons. The average molecular weight is 474 g/mol. The van der Waals surface area contributed by atoms with Crippen LogP contribution in [0.3, 0.4) is 0 Å². The van der Waals surface area contributed by atoms with Crippen LogP contribution in [-0.2, 0) is 19.0 Å². The van der Waals surface area contributed by atoms with Gasteiger partial charge in [0.1, 0.15) is 6.10 Å². The van der Waals surface area contributed by atoms with Gasteiger partial charge in [0.25, 0.3) is 10.1 Å². The number of hydrogen-bond donors (Lipinski definition) is 1. The van der Waals surface area contributed by atoms with E-state index in [1.807, 2.05) is 12.1 Å². The van der Waals surface area contributed by atoms with Gasteiger partial charge in [0.15, 0.2) is 0 Å². The van der Waals surface area contributed by atoms with Crippen LogP contribution < -0.4 is 5.32 Å². The molecule has 0 saturated carbocycles. The van der Waals surface area contributed by atoms with Crippen molar-refractivity contribution in [2.24, 2.45) is 0 Å². The maximum absolute atomic E-state index is 11.4. The molecule has 2 heterocycles. The van der Waals surface area contributed by atoms with E-state index in [9.17, 15) is 8.42 Å². The smallest absolute Gasteiger partial charge is 0.264 e. The third kappa shape index (κ3) is 4.07. The summed E-state index contributed by atoms with van der Waals surface area (Å²) >= 11 is 7.09. The van der Waals surface area contributed by atoms with Crippen molar-refractivity contribution in [1.29, 1.82) is 0 Å². The lowest BCUT2D eigenvalue weighted by atomic mass is 10.2. The number of hydrogen-bond acceptors (Lipinski definition) is 7. The summed E-state index contributed by atoms with van der Waals surface area (Å²) in [6.45, 7) is 0.677. The molecule has 2 aliphatic heterocycles. The Labute approximate surface area is 169 Å². The van der Waals surface area contributed by atoms with Crippen LogP contribution in [0.2, 0.25) is 0 Å². The van der Waals surface area contributed by atoms with Gasteiger partial charge >= 0.3 is 0 Å². The molecule has 2 aliphatic rings. The highest BCUT2D eigenvalue weighted by Crippen LogP contribution is 2.51. The number of fused-ring (bicyclic) bond motifs is 2. The summed E-state index contributed by atoms with van der Waals surface area (Å²) in [5.41, 5.74) is 0.924. The van der Waals surface area contributed by atoms with Crippen molar-refractivity contribution >= 4 is 55.3 Å². The summed E-state index contributed by atoms with van der Waals surface area (Å²) < 4.78 is 34.4. The third-order valence-corrected chi connectivity index (χ3v) is 8.10. The summed E-state index contributed by atoms with van der Waals surface area (Å²) in [4.78, 5) is 4.82. The van der Waals surface area contributed by atoms with E-state index in [0.29, 0.717) is 6.61 Å². The second-order valence-electron chi connectivity index (χ2n) is 6.06. The molecule has 1 fully saturated rings. The maximum atomic E-state index is 11.4. The molecular formula is C17H16BrNO4S3. The lowest BCUT2D eigenvalue weighted by molar-refractivity contribution is 0.145. The summed E-state index contributed by atoms with van der Waals surface area (Å²) in [5.74, 6) is 0. The summed E-state index contributed by atoms with van der Waals surface area (Å²) in [6, 6.07) is 12.2. The minimum atomic E-state index is -3.52. The van der Waals surface area contributed by atoms with Gasteiger partial charge in [-0.3, -0.25) is 4.18 Å². The highest BCUT2D eigenvalue weighted by atomic mass is 79.9. The molecule has 2 atom stereocenters. The van der Waals surface area contributed by atoms with E-state index in [1.165, 1.54) is 19.6 Å². The zero-order valence-corrected chi connectivity index (χ0v) is 17.8.